The van der Waals surface area contributed by atoms with Crippen LogP contribution in [0.5, 0.6) is 0 Å². The molecule has 5 heterocycles. The van der Waals surface area contributed by atoms with Gasteiger partial charge in [0.1, 0.15) is 18.6 Å². The van der Waals surface area contributed by atoms with Crippen LogP contribution in [0.15, 0.2) is 53.7 Å². The first-order chi connectivity index (χ1) is 17.2. The molecule has 2 N–H and O–H groups in total. The van der Waals surface area contributed by atoms with Crippen molar-refractivity contribution in [1.29, 1.82) is 0 Å². The van der Waals surface area contributed by atoms with Gasteiger partial charge in [-0.1, -0.05) is 18.2 Å². The quantitative estimate of drug-likeness (QED) is 0.364. The number of benzene rings is 1. The van der Waals surface area contributed by atoms with Gasteiger partial charge < -0.3 is 5.73 Å². The number of tetrazole rings is 1. The monoisotopic (exact) mass is 479 g/mol. The Labute approximate surface area is 200 Å². The van der Waals surface area contributed by atoms with E-state index >= 15 is 0 Å². The number of aromatic nitrogens is 11. The molecule has 0 fully saturated rings. The van der Waals surface area contributed by atoms with Gasteiger partial charge in [-0.2, -0.15) is 9.31 Å². The summed E-state index contributed by atoms with van der Waals surface area (Å²) < 4.78 is 1.45. The molecule has 0 radical (unpaired) electrons. The molecule has 0 amide bonds. The Hall–Kier alpha value is -5.16. The maximum atomic E-state index is 7.36. The standard InChI is InChI=1S/C21H13N13S/c1-23-13-4-2-3-12(7-13)18-17(14-5-6-24-10-25-14)20-27-16(30-34(20)21(22)28-18)8-33-31-19(29-32-33)15-9-35-11-26-15/h2-7,9-11H,8H2,(H2,22,28). The minimum Gasteiger partial charge on any atom is -0.368 e. The Balaban J connectivity index is 1.49. The number of fused-ring (bicyclic) bond motifs is 1. The highest BCUT2D eigenvalue weighted by atomic mass is 32.1. The largest absolute Gasteiger partial charge is 0.368 e. The van der Waals surface area contributed by atoms with Crippen molar-refractivity contribution in [3.8, 4) is 34.0 Å². The summed E-state index contributed by atoms with van der Waals surface area (Å²) in [6.45, 7) is 7.52. The average molecular weight is 479 g/mol. The normalized spacial score (nSPS) is 11.1. The van der Waals surface area contributed by atoms with Gasteiger partial charge in [0.2, 0.25) is 11.8 Å². The molecule has 1 aromatic carbocycles. The first-order valence-corrected chi connectivity index (χ1v) is 11.1. The van der Waals surface area contributed by atoms with Crippen LogP contribution in [0, 0.1) is 6.57 Å². The van der Waals surface area contributed by atoms with Crippen molar-refractivity contribution in [2.75, 3.05) is 5.73 Å². The van der Waals surface area contributed by atoms with Gasteiger partial charge in [0.25, 0.3) is 0 Å². The fraction of sp³-hybridized carbons (Fsp3) is 0.0476. The van der Waals surface area contributed by atoms with Crippen LogP contribution in [0.25, 0.3) is 44.5 Å². The second-order valence-electron chi connectivity index (χ2n) is 7.23. The molecule has 0 aliphatic heterocycles. The summed E-state index contributed by atoms with van der Waals surface area (Å²) >= 11 is 1.45. The Morgan fingerprint density at radius 3 is 2.83 bits per heavy atom. The van der Waals surface area contributed by atoms with Crippen molar-refractivity contribution in [2.45, 2.75) is 6.54 Å². The average Bonchev–Trinajstić information content (AvgIpc) is 3.66. The molecule has 0 spiro atoms. The smallest absolute Gasteiger partial charge is 0.224 e. The zero-order chi connectivity index (χ0) is 23.8. The number of hydrogen-bond acceptors (Lipinski definition) is 11. The molecule has 5 aromatic heterocycles. The molecule has 13 nitrogen and oxygen atoms in total. The number of rotatable bonds is 5. The van der Waals surface area contributed by atoms with Crippen molar-refractivity contribution in [1.82, 2.24) is 54.7 Å². The molecule has 6 rings (SSSR count). The van der Waals surface area contributed by atoms with Crippen molar-refractivity contribution in [3.63, 3.8) is 0 Å². The van der Waals surface area contributed by atoms with Crippen LogP contribution in [-0.2, 0) is 6.54 Å². The van der Waals surface area contributed by atoms with Crippen molar-refractivity contribution >= 4 is 28.6 Å². The van der Waals surface area contributed by atoms with E-state index < -0.39 is 0 Å². The van der Waals surface area contributed by atoms with Gasteiger partial charge in [-0.25, -0.2) is 29.8 Å². The fourth-order valence-electron chi connectivity index (χ4n) is 3.54. The molecule has 0 unspecified atom stereocenters. The maximum Gasteiger partial charge on any atom is 0.224 e. The molecule has 0 saturated heterocycles. The molecule has 0 aliphatic carbocycles. The van der Waals surface area contributed by atoms with Crippen LogP contribution < -0.4 is 5.73 Å². The minimum atomic E-state index is 0.134. The second kappa shape index (κ2) is 8.32. The summed E-state index contributed by atoms with van der Waals surface area (Å²) in [7, 11) is 0. The highest BCUT2D eigenvalue weighted by molar-refractivity contribution is 7.07. The van der Waals surface area contributed by atoms with Crippen molar-refractivity contribution in [2.24, 2.45) is 0 Å². The molecule has 14 heteroatoms. The number of anilines is 1. The highest BCUT2D eigenvalue weighted by Crippen LogP contribution is 2.34. The SMILES string of the molecule is [C-]#[N+]c1cccc(-c2nc(N)n3nc(Cn4nnc(-c5cscn5)n4)nc3c2-c2ccncn2)c1. The van der Waals surface area contributed by atoms with Gasteiger partial charge in [-0.05, 0) is 22.9 Å². The topological polar surface area (TPSA) is 156 Å². The molecule has 0 saturated carbocycles. The van der Waals surface area contributed by atoms with Crippen LogP contribution in [0.2, 0.25) is 0 Å². The van der Waals surface area contributed by atoms with E-state index in [0.29, 0.717) is 51.2 Å². The van der Waals surface area contributed by atoms with Gasteiger partial charge in [-0.3, -0.25) is 0 Å². The molecule has 6 aromatic rings. The number of nitrogens with two attached hydrogens (primary N) is 1. The zero-order valence-electron chi connectivity index (χ0n) is 17.8. The third-order valence-corrected chi connectivity index (χ3v) is 5.63. The first kappa shape index (κ1) is 20.4. The number of thiazole rings is 1. The molecule has 168 valence electrons. The van der Waals surface area contributed by atoms with Gasteiger partial charge >= 0.3 is 0 Å². The van der Waals surface area contributed by atoms with Crippen LogP contribution in [-0.4, -0.2) is 54.7 Å². The lowest BCUT2D eigenvalue weighted by molar-refractivity contribution is 0.554. The lowest BCUT2D eigenvalue weighted by atomic mass is 10.0. The first-order valence-electron chi connectivity index (χ1n) is 10.2. The lowest BCUT2D eigenvalue weighted by Crippen LogP contribution is -2.07. The predicted molar refractivity (Wildman–Crippen MR) is 126 cm³/mol. The number of nitrogens with zero attached hydrogens (tertiary/aromatic N) is 12. The molecule has 35 heavy (non-hydrogen) atoms. The summed E-state index contributed by atoms with van der Waals surface area (Å²) in [5.74, 6) is 0.956. The number of nitrogen functional groups attached to an aromatic ring is 1. The summed E-state index contributed by atoms with van der Waals surface area (Å²) in [6.07, 6.45) is 3.07. The van der Waals surface area contributed by atoms with Gasteiger partial charge in [0, 0.05) is 11.6 Å². The minimum absolute atomic E-state index is 0.134. The van der Waals surface area contributed by atoms with Crippen LogP contribution in [0.3, 0.4) is 0 Å². The summed E-state index contributed by atoms with van der Waals surface area (Å²) in [5.41, 5.74) is 12.0. The zero-order valence-corrected chi connectivity index (χ0v) is 18.6. The van der Waals surface area contributed by atoms with Gasteiger partial charge in [0.05, 0.1) is 29.0 Å². The van der Waals surface area contributed by atoms with Crippen LogP contribution in [0.4, 0.5) is 11.6 Å². The molecular weight excluding hydrogens is 466 g/mol. The Morgan fingerprint density at radius 1 is 1.09 bits per heavy atom. The third kappa shape index (κ3) is 3.71. The number of hydrogen-bond donors (Lipinski definition) is 1. The third-order valence-electron chi connectivity index (χ3n) is 5.04. The molecule has 0 bridgehead atoms. The van der Waals surface area contributed by atoms with E-state index in [9.17, 15) is 0 Å². The van der Waals surface area contributed by atoms with E-state index in [1.54, 1.807) is 36.0 Å². The molecule has 0 aliphatic rings. The Bertz CT molecular complexity index is 1700. The van der Waals surface area contributed by atoms with E-state index in [1.807, 2.05) is 11.4 Å². The summed E-state index contributed by atoms with van der Waals surface area (Å²) in [6, 6.07) is 8.87. The summed E-state index contributed by atoms with van der Waals surface area (Å²) in [4.78, 5) is 26.8. The van der Waals surface area contributed by atoms with Gasteiger partial charge in [-0.15, -0.1) is 26.6 Å². The Morgan fingerprint density at radius 2 is 2.03 bits per heavy atom. The van der Waals surface area contributed by atoms with E-state index in [4.69, 9.17) is 17.3 Å². The van der Waals surface area contributed by atoms with E-state index in [-0.39, 0.29) is 12.5 Å². The Kier molecular flexibility index (Phi) is 4.86. The highest BCUT2D eigenvalue weighted by Gasteiger charge is 2.21. The van der Waals surface area contributed by atoms with E-state index in [1.165, 1.54) is 27.0 Å². The van der Waals surface area contributed by atoms with Crippen molar-refractivity contribution in [3.05, 3.63) is 71.0 Å². The van der Waals surface area contributed by atoms with Gasteiger partial charge in [0.15, 0.2) is 17.2 Å². The summed E-state index contributed by atoms with van der Waals surface area (Å²) in [5, 5.41) is 18.8. The second-order valence-corrected chi connectivity index (χ2v) is 7.95. The van der Waals surface area contributed by atoms with Crippen LogP contribution in [0.1, 0.15) is 5.82 Å². The van der Waals surface area contributed by atoms with Crippen molar-refractivity contribution < 1.29 is 0 Å². The molecular formula is C21H13N13S. The maximum absolute atomic E-state index is 7.36. The van der Waals surface area contributed by atoms with E-state index in [0.717, 1.165) is 0 Å². The molecule has 0 atom stereocenters. The predicted octanol–water partition coefficient (Wildman–Crippen LogP) is 2.54. The van der Waals surface area contributed by atoms with E-state index in [2.05, 4.69) is 45.3 Å². The lowest BCUT2D eigenvalue weighted by Gasteiger charge is -2.11. The fourth-order valence-corrected chi connectivity index (χ4v) is 4.07. The van der Waals surface area contributed by atoms with Crippen LogP contribution >= 0.6 is 11.3 Å².